The van der Waals surface area contributed by atoms with Crippen LogP contribution in [0, 0.1) is 18.3 Å². The fraction of sp³-hybridized carbons (Fsp3) is 0.286. The maximum Gasteiger partial charge on any atom is 0.491 e. The number of rotatable bonds is 6. The van der Waals surface area contributed by atoms with E-state index in [1.807, 2.05) is 6.07 Å². The Morgan fingerprint density at radius 2 is 2.06 bits per heavy atom. The minimum absolute atomic E-state index is 0.0302. The average molecular weight is 431 g/mol. The van der Waals surface area contributed by atoms with Crippen LogP contribution in [0.2, 0.25) is 0 Å². The fourth-order valence-corrected chi connectivity index (χ4v) is 3.14. The van der Waals surface area contributed by atoms with Crippen molar-refractivity contribution in [3.05, 3.63) is 47.8 Å². The summed E-state index contributed by atoms with van der Waals surface area (Å²) in [5, 5.41) is 12.9. The largest absolute Gasteiger partial charge is 0.491 e. The maximum absolute atomic E-state index is 12.6. The molecule has 0 spiro atoms. The monoisotopic (exact) mass is 431 g/mol. The summed E-state index contributed by atoms with van der Waals surface area (Å²) in [6, 6.07) is 10.9. The molecule has 0 aliphatic heterocycles. The Hall–Kier alpha value is -3.58. The third kappa shape index (κ3) is 4.95. The molecule has 0 amide bonds. The van der Waals surface area contributed by atoms with Crippen molar-refractivity contribution in [1.29, 1.82) is 5.26 Å². The zero-order chi connectivity index (χ0) is 22.8. The molecule has 1 unspecified atom stereocenters. The Morgan fingerprint density at radius 3 is 2.68 bits per heavy atom. The molecule has 3 aromatic rings. The highest BCUT2D eigenvalue weighted by atomic mass is 19.4. The van der Waals surface area contributed by atoms with Gasteiger partial charge in [0.2, 0.25) is 0 Å². The number of carbonyl (C=O) groups excluding carboxylic acids is 1. The van der Waals surface area contributed by atoms with Crippen molar-refractivity contribution in [2.24, 2.45) is 0 Å². The van der Waals surface area contributed by atoms with Crippen molar-refractivity contribution in [3.8, 4) is 17.3 Å². The van der Waals surface area contributed by atoms with Crippen molar-refractivity contribution in [1.82, 2.24) is 14.9 Å². The van der Waals surface area contributed by atoms with E-state index in [2.05, 4.69) is 26.1 Å². The number of nitrogens with one attached hydrogen (secondary N) is 2. The number of para-hydroxylation sites is 1. The third-order valence-electron chi connectivity index (χ3n) is 4.53. The van der Waals surface area contributed by atoms with E-state index in [0.29, 0.717) is 28.2 Å². The molecule has 2 N–H and O–H groups in total. The lowest BCUT2D eigenvalue weighted by Gasteiger charge is -2.24. The summed E-state index contributed by atoms with van der Waals surface area (Å²) >= 11 is 0. The number of alkyl halides is 3. The van der Waals surface area contributed by atoms with Crippen LogP contribution < -0.4 is 5.32 Å². The van der Waals surface area contributed by atoms with Crippen LogP contribution in [0.4, 0.5) is 18.9 Å². The normalized spacial score (nSPS) is 12.6. The summed E-state index contributed by atoms with van der Waals surface area (Å²) in [4.78, 5) is 20.5. The van der Waals surface area contributed by atoms with Crippen LogP contribution in [0.1, 0.15) is 11.3 Å². The molecular weight excluding hydrogens is 411 g/mol. The molecule has 2 aromatic heterocycles. The lowest BCUT2D eigenvalue weighted by Crippen LogP contribution is -2.40. The molecule has 2 heterocycles. The Kier molecular flexibility index (Phi) is 6.17. The molecule has 0 saturated carbocycles. The molecule has 0 aliphatic rings. The number of fused-ring (bicyclic) bond motifs is 1. The molecule has 0 saturated heterocycles. The number of aryl methyl sites for hydroxylation is 1. The number of aromatic nitrogens is 2. The number of likely N-dealkylation sites (N-methyl/N-ethyl adjacent to an activating group) is 1. The number of esters is 1. The first kappa shape index (κ1) is 22.1. The average Bonchev–Trinajstić information content (AvgIpc) is 3.12. The number of aromatic amines is 1. The van der Waals surface area contributed by atoms with Crippen molar-refractivity contribution in [2.45, 2.75) is 19.3 Å². The van der Waals surface area contributed by atoms with Gasteiger partial charge in [-0.05, 0) is 39.2 Å². The number of nitriles is 1. The third-order valence-corrected chi connectivity index (χ3v) is 4.53. The van der Waals surface area contributed by atoms with Gasteiger partial charge in [0.05, 0.1) is 34.7 Å². The van der Waals surface area contributed by atoms with Crippen molar-refractivity contribution in [3.63, 3.8) is 0 Å². The van der Waals surface area contributed by atoms with E-state index >= 15 is 0 Å². The molecule has 10 heteroatoms. The summed E-state index contributed by atoms with van der Waals surface area (Å²) < 4.78 is 42.4. The highest BCUT2D eigenvalue weighted by molar-refractivity contribution is 5.97. The number of benzene rings is 1. The number of H-pyrrole nitrogens is 1. The fourth-order valence-electron chi connectivity index (χ4n) is 3.14. The van der Waals surface area contributed by atoms with Crippen LogP contribution in [0.15, 0.2) is 36.5 Å². The van der Waals surface area contributed by atoms with Crippen molar-refractivity contribution >= 4 is 22.6 Å². The Labute approximate surface area is 176 Å². The maximum atomic E-state index is 12.6. The van der Waals surface area contributed by atoms with E-state index in [-0.39, 0.29) is 6.54 Å². The highest BCUT2D eigenvalue weighted by Gasteiger charge is 2.42. The van der Waals surface area contributed by atoms with Gasteiger partial charge in [0, 0.05) is 17.1 Å². The number of hydrogen-bond acceptors (Lipinski definition) is 6. The molecule has 31 heavy (non-hydrogen) atoms. The summed E-state index contributed by atoms with van der Waals surface area (Å²) in [5.41, 5.74) is 3.57. The van der Waals surface area contributed by atoms with Gasteiger partial charge in [-0.25, -0.2) is 4.79 Å². The number of nitrogens with zero attached hydrogens (tertiary/aromatic N) is 3. The van der Waals surface area contributed by atoms with Gasteiger partial charge in [-0.1, -0.05) is 12.1 Å². The number of carbonyl (C=O) groups is 1. The lowest BCUT2D eigenvalue weighted by atomic mass is 10.1. The quantitative estimate of drug-likeness (QED) is 0.455. The van der Waals surface area contributed by atoms with Crippen LogP contribution in [-0.2, 0) is 9.53 Å². The van der Waals surface area contributed by atoms with Crippen LogP contribution in [0.5, 0.6) is 0 Å². The van der Waals surface area contributed by atoms with Gasteiger partial charge in [0.25, 0.3) is 0 Å². The number of anilines is 1. The summed E-state index contributed by atoms with van der Waals surface area (Å²) in [5.74, 6) is -2.26. The second-order valence-corrected chi connectivity index (χ2v) is 7.17. The molecule has 0 aliphatic carbocycles. The summed E-state index contributed by atoms with van der Waals surface area (Å²) in [6.07, 6.45) is -4.55. The molecule has 0 fully saturated rings. The van der Waals surface area contributed by atoms with E-state index in [1.54, 1.807) is 56.4 Å². The topological polar surface area (TPSA) is 94.0 Å². The van der Waals surface area contributed by atoms with Gasteiger partial charge in [-0.15, -0.1) is 0 Å². The van der Waals surface area contributed by atoms with Crippen LogP contribution in [0.25, 0.3) is 22.2 Å². The van der Waals surface area contributed by atoms with Gasteiger partial charge in [0.1, 0.15) is 6.07 Å². The standard InChI is InChI=1S/C21H20F3N5O2/c1-12-16(28-18(11-29(2)3)31-20(30)21(22,23)24)7-8-17(27-12)15-10-26-19-13(9-25)5-4-6-14(15)19/h4-8,10,18,26,28H,11H2,1-3H3. The lowest BCUT2D eigenvalue weighted by molar-refractivity contribution is -0.204. The van der Waals surface area contributed by atoms with Crippen LogP contribution >= 0.6 is 0 Å². The van der Waals surface area contributed by atoms with Gasteiger partial charge in [-0.2, -0.15) is 18.4 Å². The highest BCUT2D eigenvalue weighted by Crippen LogP contribution is 2.30. The van der Waals surface area contributed by atoms with Crippen LogP contribution in [-0.4, -0.2) is 53.9 Å². The smallest absolute Gasteiger partial charge is 0.434 e. The predicted octanol–water partition coefficient (Wildman–Crippen LogP) is 3.82. The SMILES string of the molecule is Cc1nc(-c2c[nH]c3c(C#N)cccc23)ccc1NC(CN(C)C)OC(=O)C(F)(F)F. The van der Waals surface area contributed by atoms with Crippen molar-refractivity contribution < 1.29 is 22.7 Å². The number of halogens is 3. The van der Waals surface area contributed by atoms with Crippen LogP contribution in [0.3, 0.4) is 0 Å². The van der Waals surface area contributed by atoms with E-state index in [9.17, 15) is 23.2 Å². The molecule has 3 rings (SSSR count). The zero-order valence-corrected chi connectivity index (χ0v) is 17.0. The summed E-state index contributed by atoms with van der Waals surface area (Å²) in [7, 11) is 3.30. The first-order valence-corrected chi connectivity index (χ1v) is 9.27. The predicted molar refractivity (Wildman–Crippen MR) is 109 cm³/mol. The second kappa shape index (κ2) is 8.65. The number of ether oxygens (including phenoxy) is 1. The van der Waals surface area contributed by atoms with E-state index in [1.165, 1.54) is 0 Å². The van der Waals surface area contributed by atoms with Crippen molar-refractivity contribution in [2.75, 3.05) is 26.0 Å². The first-order chi connectivity index (χ1) is 14.6. The summed E-state index contributed by atoms with van der Waals surface area (Å²) in [6.45, 7) is 1.72. The minimum Gasteiger partial charge on any atom is -0.434 e. The van der Waals surface area contributed by atoms with E-state index in [4.69, 9.17) is 0 Å². The molecule has 1 aromatic carbocycles. The van der Waals surface area contributed by atoms with E-state index < -0.39 is 18.4 Å². The number of hydrogen-bond donors (Lipinski definition) is 2. The van der Waals surface area contributed by atoms with Gasteiger partial charge in [-0.3, -0.25) is 4.98 Å². The van der Waals surface area contributed by atoms with Gasteiger partial charge in [0.15, 0.2) is 6.23 Å². The zero-order valence-electron chi connectivity index (χ0n) is 17.0. The Balaban J connectivity index is 1.88. The molecule has 1 atom stereocenters. The Bertz CT molecular complexity index is 1150. The minimum atomic E-state index is -5.08. The second-order valence-electron chi connectivity index (χ2n) is 7.17. The molecule has 0 radical (unpaired) electrons. The molecule has 7 nitrogen and oxygen atoms in total. The first-order valence-electron chi connectivity index (χ1n) is 9.27. The Morgan fingerprint density at radius 1 is 1.32 bits per heavy atom. The molecular formula is C21H20F3N5O2. The molecule has 162 valence electrons. The number of pyridine rings is 1. The van der Waals surface area contributed by atoms with Gasteiger partial charge < -0.3 is 19.9 Å². The van der Waals surface area contributed by atoms with Gasteiger partial charge >= 0.3 is 12.1 Å². The van der Waals surface area contributed by atoms with E-state index in [0.717, 1.165) is 10.9 Å². The molecule has 0 bridgehead atoms.